The van der Waals surface area contributed by atoms with Gasteiger partial charge in [0.05, 0.1) is 6.26 Å². The van der Waals surface area contributed by atoms with Crippen molar-refractivity contribution in [2.24, 2.45) is 0 Å². The Morgan fingerprint density at radius 3 is 2.56 bits per heavy atom. The number of rotatable bonds is 6. The molecule has 18 heavy (non-hydrogen) atoms. The molecule has 1 aromatic heterocycles. The van der Waals surface area contributed by atoms with Crippen LogP contribution in [0.1, 0.15) is 32.1 Å². The van der Waals surface area contributed by atoms with Gasteiger partial charge in [-0.05, 0) is 13.0 Å². The molecule has 0 bridgehead atoms. The molecule has 0 saturated heterocycles. The van der Waals surface area contributed by atoms with Crippen LogP contribution in [0.4, 0.5) is 13.2 Å². The fourth-order valence-corrected chi connectivity index (χ4v) is 1.26. The predicted octanol–water partition coefficient (Wildman–Crippen LogP) is 3.25. The molecule has 0 saturated carbocycles. The molecule has 1 unspecified atom stereocenters. The molecule has 1 rings (SSSR count). The lowest BCUT2D eigenvalue weighted by atomic mass is 10.2. The Balaban J connectivity index is 2.50. The van der Waals surface area contributed by atoms with Gasteiger partial charge < -0.3 is 14.5 Å². The molecule has 1 aromatic rings. The molecule has 0 radical (unpaired) electrons. The molecule has 6 heteroatoms. The van der Waals surface area contributed by atoms with E-state index in [4.69, 9.17) is 9.15 Å². The lowest BCUT2D eigenvalue weighted by Gasteiger charge is -2.16. The summed E-state index contributed by atoms with van der Waals surface area (Å²) in [6, 6.07) is 2.02. The molecule has 1 atom stereocenters. The largest absolute Gasteiger partial charge is 0.467 e. The summed E-state index contributed by atoms with van der Waals surface area (Å²) in [5, 5.41) is 3.17. The van der Waals surface area contributed by atoms with Crippen LogP contribution in [0.5, 0.6) is 0 Å². The van der Waals surface area contributed by atoms with Gasteiger partial charge >= 0.3 is 6.18 Å². The second-order valence-corrected chi connectivity index (χ2v) is 4.40. The van der Waals surface area contributed by atoms with E-state index in [1.807, 2.05) is 13.8 Å². The van der Waals surface area contributed by atoms with Crippen LogP contribution in [0, 0.1) is 0 Å². The highest BCUT2D eigenvalue weighted by molar-refractivity contribution is 5.16. The van der Waals surface area contributed by atoms with Crippen LogP contribution in [0.3, 0.4) is 0 Å². The first-order chi connectivity index (χ1) is 8.30. The molecule has 3 nitrogen and oxygen atoms in total. The topological polar surface area (TPSA) is 34.4 Å². The Morgan fingerprint density at radius 1 is 1.33 bits per heavy atom. The van der Waals surface area contributed by atoms with E-state index < -0.39 is 12.3 Å². The lowest BCUT2D eigenvalue weighted by molar-refractivity contribution is -0.218. The monoisotopic (exact) mass is 265 g/mol. The molecular formula is C12H18F3NO2. The van der Waals surface area contributed by atoms with Gasteiger partial charge in [0.25, 0.3) is 0 Å². The van der Waals surface area contributed by atoms with Crippen molar-refractivity contribution in [1.82, 2.24) is 5.32 Å². The summed E-state index contributed by atoms with van der Waals surface area (Å²) in [4.78, 5) is 0. The van der Waals surface area contributed by atoms with E-state index in [0.717, 1.165) is 12.5 Å². The molecule has 0 spiro atoms. The van der Waals surface area contributed by atoms with Crippen molar-refractivity contribution < 1.29 is 22.3 Å². The maximum atomic E-state index is 12.3. The third-order valence-corrected chi connectivity index (χ3v) is 2.46. The number of hydrogen-bond acceptors (Lipinski definition) is 3. The van der Waals surface area contributed by atoms with E-state index in [1.165, 1.54) is 6.26 Å². The van der Waals surface area contributed by atoms with Crippen LogP contribution in [0.2, 0.25) is 0 Å². The van der Waals surface area contributed by atoms with Crippen LogP contribution >= 0.6 is 0 Å². The second kappa shape index (κ2) is 6.24. The van der Waals surface area contributed by atoms with Gasteiger partial charge in [0.1, 0.15) is 12.4 Å². The number of furan rings is 1. The first-order valence-corrected chi connectivity index (χ1v) is 5.77. The van der Waals surface area contributed by atoms with Gasteiger partial charge in [0, 0.05) is 18.2 Å². The highest BCUT2D eigenvalue weighted by Crippen LogP contribution is 2.24. The van der Waals surface area contributed by atoms with Gasteiger partial charge in [-0.2, -0.15) is 13.2 Å². The number of hydrogen-bond donors (Lipinski definition) is 1. The number of alkyl halides is 3. The minimum atomic E-state index is -4.34. The second-order valence-electron chi connectivity index (χ2n) is 4.40. The highest BCUT2D eigenvalue weighted by Gasteiger charge is 2.37. The lowest BCUT2D eigenvalue weighted by Crippen LogP contribution is -2.28. The molecule has 0 amide bonds. The fourth-order valence-electron chi connectivity index (χ4n) is 1.26. The zero-order valence-corrected chi connectivity index (χ0v) is 10.7. The minimum absolute atomic E-state index is 0.178. The molecule has 1 N–H and O–H groups in total. The van der Waals surface area contributed by atoms with Crippen molar-refractivity contribution in [2.75, 3.05) is 0 Å². The fraction of sp³-hybridized carbons (Fsp3) is 0.667. The Bertz CT molecular complexity index is 360. The van der Waals surface area contributed by atoms with Crippen LogP contribution in [-0.2, 0) is 17.9 Å². The Kier molecular flexibility index (Phi) is 5.22. The van der Waals surface area contributed by atoms with Crippen molar-refractivity contribution in [3.63, 3.8) is 0 Å². The Morgan fingerprint density at radius 2 is 2.00 bits per heavy atom. The van der Waals surface area contributed by atoms with Crippen molar-refractivity contribution in [3.05, 3.63) is 23.7 Å². The van der Waals surface area contributed by atoms with Gasteiger partial charge in [-0.1, -0.05) is 13.8 Å². The van der Waals surface area contributed by atoms with E-state index in [0.29, 0.717) is 18.3 Å². The summed E-state index contributed by atoms with van der Waals surface area (Å²) < 4.78 is 46.7. The maximum Gasteiger partial charge on any atom is 0.414 e. The van der Waals surface area contributed by atoms with Crippen LogP contribution in [-0.4, -0.2) is 18.3 Å². The Labute approximate surface area is 104 Å². The number of halogens is 3. The van der Waals surface area contributed by atoms with Crippen molar-refractivity contribution in [1.29, 1.82) is 0 Å². The van der Waals surface area contributed by atoms with Crippen molar-refractivity contribution >= 4 is 0 Å². The van der Waals surface area contributed by atoms with Crippen LogP contribution in [0.25, 0.3) is 0 Å². The molecule has 104 valence electrons. The van der Waals surface area contributed by atoms with Crippen molar-refractivity contribution in [2.45, 2.75) is 52.2 Å². The van der Waals surface area contributed by atoms with Gasteiger partial charge in [0.15, 0.2) is 6.10 Å². The molecule has 0 aliphatic rings. The Hall–Kier alpha value is -1.01. The van der Waals surface area contributed by atoms with E-state index in [9.17, 15) is 13.2 Å². The number of nitrogens with one attached hydrogen (secondary N) is 1. The van der Waals surface area contributed by atoms with E-state index >= 15 is 0 Å². The first-order valence-electron chi connectivity index (χ1n) is 5.77. The highest BCUT2D eigenvalue weighted by atomic mass is 19.4. The molecule has 0 aliphatic carbocycles. The van der Waals surface area contributed by atoms with Gasteiger partial charge in [-0.15, -0.1) is 0 Å². The quantitative estimate of drug-likeness (QED) is 0.857. The summed E-state index contributed by atoms with van der Waals surface area (Å²) in [6.07, 6.45) is -4.69. The molecule has 1 heterocycles. The van der Waals surface area contributed by atoms with Gasteiger partial charge in [0.2, 0.25) is 0 Å². The summed E-state index contributed by atoms with van der Waals surface area (Å²) in [5.41, 5.74) is 0.818. The molecule has 0 aromatic carbocycles. The van der Waals surface area contributed by atoms with E-state index in [1.54, 1.807) is 6.07 Å². The van der Waals surface area contributed by atoms with Crippen LogP contribution < -0.4 is 5.32 Å². The smallest absolute Gasteiger partial charge is 0.414 e. The van der Waals surface area contributed by atoms with Crippen molar-refractivity contribution in [3.8, 4) is 0 Å². The summed E-state index contributed by atoms with van der Waals surface area (Å²) >= 11 is 0. The van der Waals surface area contributed by atoms with E-state index in [-0.39, 0.29) is 6.61 Å². The van der Waals surface area contributed by atoms with E-state index in [2.05, 4.69) is 5.32 Å². The zero-order valence-electron chi connectivity index (χ0n) is 10.7. The van der Waals surface area contributed by atoms with Crippen LogP contribution in [0.15, 0.2) is 16.7 Å². The van der Waals surface area contributed by atoms with Gasteiger partial charge in [-0.3, -0.25) is 0 Å². The summed E-state index contributed by atoms with van der Waals surface area (Å²) in [7, 11) is 0. The third kappa shape index (κ3) is 4.70. The average molecular weight is 265 g/mol. The third-order valence-electron chi connectivity index (χ3n) is 2.46. The molecule has 0 aliphatic heterocycles. The molecule has 0 fully saturated rings. The maximum absolute atomic E-state index is 12.3. The predicted molar refractivity (Wildman–Crippen MR) is 61.0 cm³/mol. The summed E-state index contributed by atoms with van der Waals surface area (Å²) in [6.45, 7) is 5.33. The SMILES string of the molecule is CC(C)NCc1ccoc1COC(C)C(F)(F)F. The summed E-state index contributed by atoms with van der Waals surface area (Å²) in [5.74, 6) is 0.430. The standard InChI is InChI=1S/C12H18F3NO2/c1-8(2)16-6-10-4-5-17-11(10)7-18-9(3)12(13,14)15/h4-5,8-9,16H,6-7H2,1-3H3. The average Bonchev–Trinajstić information content (AvgIpc) is 2.69. The minimum Gasteiger partial charge on any atom is -0.467 e. The first kappa shape index (κ1) is 15.0. The van der Waals surface area contributed by atoms with Gasteiger partial charge in [-0.25, -0.2) is 0 Å². The molecular weight excluding hydrogens is 247 g/mol. The number of ether oxygens (including phenoxy) is 1. The zero-order chi connectivity index (χ0) is 13.8. The normalized spacial score (nSPS) is 14.2.